The molecular formula is C15H14Cl2O2. The summed E-state index contributed by atoms with van der Waals surface area (Å²) < 4.78 is 5.26. The average Bonchev–Trinajstić information content (AvgIpc) is 2.41. The molecule has 0 aromatic heterocycles. The summed E-state index contributed by atoms with van der Waals surface area (Å²) in [6.45, 7) is 1.87. The fourth-order valence-corrected chi connectivity index (χ4v) is 2.37. The molecule has 0 aliphatic rings. The van der Waals surface area contributed by atoms with Gasteiger partial charge in [-0.05, 0) is 42.3 Å². The van der Waals surface area contributed by atoms with E-state index in [0.717, 1.165) is 11.1 Å². The first-order valence-electron chi connectivity index (χ1n) is 5.81. The van der Waals surface area contributed by atoms with Gasteiger partial charge in [-0.2, -0.15) is 0 Å². The minimum atomic E-state index is -0.827. The van der Waals surface area contributed by atoms with Crippen molar-refractivity contribution in [2.45, 2.75) is 13.0 Å². The molecule has 1 N–H and O–H groups in total. The van der Waals surface area contributed by atoms with E-state index < -0.39 is 6.10 Å². The van der Waals surface area contributed by atoms with Gasteiger partial charge >= 0.3 is 0 Å². The van der Waals surface area contributed by atoms with E-state index in [4.69, 9.17) is 27.9 Å². The summed E-state index contributed by atoms with van der Waals surface area (Å²) in [5, 5.41) is 11.7. The van der Waals surface area contributed by atoms with E-state index in [1.165, 1.54) is 0 Å². The molecule has 0 amide bonds. The molecule has 2 aromatic carbocycles. The van der Waals surface area contributed by atoms with Gasteiger partial charge in [0.2, 0.25) is 0 Å². The minimum absolute atomic E-state index is 0.550. The van der Waals surface area contributed by atoms with E-state index >= 15 is 0 Å². The quantitative estimate of drug-likeness (QED) is 0.910. The molecular weight excluding hydrogens is 283 g/mol. The van der Waals surface area contributed by atoms with E-state index in [-0.39, 0.29) is 0 Å². The highest BCUT2D eigenvalue weighted by atomic mass is 35.5. The topological polar surface area (TPSA) is 29.5 Å². The monoisotopic (exact) mass is 296 g/mol. The Kier molecular flexibility index (Phi) is 4.35. The van der Waals surface area contributed by atoms with Crippen LogP contribution in [-0.4, -0.2) is 12.2 Å². The fourth-order valence-electron chi connectivity index (χ4n) is 2.01. The molecule has 0 aliphatic carbocycles. The van der Waals surface area contributed by atoms with Gasteiger partial charge in [0, 0.05) is 15.6 Å². The molecule has 0 saturated carbocycles. The first-order chi connectivity index (χ1) is 9.04. The van der Waals surface area contributed by atoms with E-state index in [1.807, 2.05) is 19.1 Å². The number of rotatable bonds is 3. The second kappa shape index (κ2) is 5.83. The van der Waals surface area contributed by atoms with Gasteiger partial charge in [0.05, 0.1) is 7.11 Å². The zero-order chi connectivity index (χ0) is 14.0. The third-order valence-corrected chi connectivity index (χ3v) is 3.74. The van der Waals surface area contributed by atoms with Gasteiger partial charge in [0.1, 0.15) is 11.9 Å². The minimum Gasteiger partial charge on any atom is -0.496 e. The highest BCUT2D eigenvalue weighted by Gasteiger charge is 2.18. The lowest BCUT2D eigenvalue weighted by atomic mass is 9.97. The van der Waals surface area contributed by atoms with Crippen molar-refractivity contribution in [3.63, 3.8) is 0 Å². The predicted octanol–water partition coefficient (Wildman–Crippen LogP) is 4.39. The zero-order valence-corrected chi connectivity index (χ0v) is 12.2. The summed E-state index contributed by atoms with van der Waals surface area (Å²) >= 11 is 12.1. The summed E-state index contributed by atoms with van der Waals surface area (Å²) in [7, 11) is 1.56. The van der Waals surface area contributed by atoms with Crippen LogP contribution in [0.3, 0.4) is 0 Å². The first-order valence-corrected chi connectivity index (χ1v) is 6.56. The van der Waals surface area contributed by atoms with Crippen LogP contribution in [0.15, 0.2) is 36.4 Å². The lowest BCUT2D eigenvalue weighted by Gasteiger charge is -2.18. The molecule has 0 radical (unpaired) electrons. The number of hydrogen-bond donors (Lipinski definition) is 1. The molecule has 0 aliphatic heterocycles. The van der Waals surface area contributed by atoms with Crippen LogP contribution in [0.5, 0.6) is 5.75 Å². The molecule has 0 spiro atoms. The Hall–Kier alpha value is -1.22. The molecule has 2 nitrogen and oxygen atoms in total. The highest BCUT2D eigenvalue weighted by molar-refractivity contribution is 6.31. The number of aliphatic hydroxyl groups excluding tert-OH is 1. The molecule has 4 heteroatoms. The highest BCUT2D eigenvalue weighted by Crippen LogP contribution is 2.34. The molecule has 0 bridgehead atoms. The van der Waals surface area contributed by atoms with E-state index in [2.05, 4.69) is 0 Å². The number of hydrogen-bond acceptors (Lipinski definition) is 2. The number of ether oxygens (including phenoxy) is 1. The van der Waals surface area contributed by atoms with E-state index in [0.29, 0.717) is 21.4 Å². The van der Waals surface area contributed by atoms with Crippen molar-refractivity contribution in [3.8, 4) is 5.75 Å². The first kappa shape index (κ1) is 14.2. The molecule has 19 heavy (non-hydrogen) atoms. The van der Waals surface area contributed by atoms with Crippen molar-refractivity contribution in [2.75, 3.05) is 7.11 Å². The van der Waals surface area contributed by atoms with Crippen molar-refractivity contribution in [1.29, 1.82) is 0 Å². The Morgan fingerprint density at radius 3 is 2.53 bits per heavy atom. The van der Waals surface area contributed by atoms with Crippen molar-refractivity contribution in [2.24, 2.45) is 0 Å². The smallest absolute Gasteiger partial charge is 0.125 e. The lowest BCUT2D eigenvalue weighted by molar-refractivity contribution is 0.214. The summed E-state index contributed by atoms with van der Waals surface area (Å²) in [6, 6.07) is 10.6. The van der Waals surface area contributed by atoms with Crippen LogP contribution in [0.25, 0.3) is 0 Å². The Bertz CT molecular complexity index is 597. The molecule has 1 atom stereocenters. The second-order valence-electron chi connectivity index (χ2n) is 4.24. The summed E-state index contributed by atoms with van der Waals surface area (Å²) in [5.74, 6) is 0.594. The van der Waals surface area contributed by atoms with Crippen molar-refractivity contribution in [3.05, 3.63) is 63.1 Å². The lowest BCUT2D eigenvalue weighted by Crippen LogP contribution is -2.04. The average molecular weight is 297 g/mol. The van der Waals surface area contributed by atoms with Gasteiger partial charge in [-0.3, -0.25) is 0 Å². The van der Waals surface area contributed by atoms with Crippen molar-refractivity contribution in [1.82, 2.24) is 0 Å². The number of halogens is 2. The van der Waals surface area contributed by atoms with Crippen LogP contribution >= 0.6 is 23.2 Å². The van der Waals surface area contributed by atoms with Crippen LogP contribution < -0.4 is 4.74 Å². The van der Waals surface area contributed by atoms with Gasteiger partial charge in [-0.25, -0.2) is 0 Å². The van der Waals surface area contributed by atoms with Gasteiger partial charge in [0.15, 0.2) is 0 Å². The molecule has 2 rings (SSSR count). The van der Waals surface area contributed by atoms with Crippen LogP contribution in [-0.2, 0) is 0 Å². The standard InChI is InChI=1S/C15H14Cl2O2/c1-9-11(4-3-5-13(9)17)15(18)12-8-10(16)6-7-14(12)19-2/h3-8,15,18H,1-2H3. The van der Waals surface area contributed by atoms with Gasteiger partial charge in [0.25, 0.3) is 0 Å². The number of methoxy groups -OCH3 is 1. The normalized spacial score (nSPS) is 12.3. The summed E-state index contributed by atoms with van der Waals surface area (Å²) in [6.07, 6.45) is -0.827. The Morgan fingerprint density at radius 1 is 1.11 bits per heavy atom. The third-order valence-electron chi connectivity index (χ3n) is 3.09. The number of aliphatic hydroxyl groups is 1. The van der Waals surface area contributed by atoms with Crippen molar-refractivity contribution < 1.29 is 9.84 Å². The van der Waals surface area contributed by atoms with E-state index in [1.54, 1.807) is 31.4 Å². The molecule has 2 aromatic rings. The van der Waals surface area contributed by atoms with E-state index in [9.17, 15) is 5.11 Å². The summed E-state index contributed by atoms with van der Waals surface area (Å²) in [4.78, 5) is 0. The molecule has 1 unspecified atom stereocenters. The molecule has 0 fully saturated rings. The second-order valence-corrected chi connectivity index (χ2v) is 5.09. The molecule has 100 valence electrons. The maximum absolute atomic E-state index is 10.5. The van der Waals surface area contributed by atoms with Crippen LogP contribution in [0.2, 0.25) is 10.0 Å². The van der Waals surface area contributed by atoms with Crippen LogP contribution in [0.1, 0.15) is 22.8 Å². The SMILES string of the molecule is COc1ccc(Cl)cc1C(O)c1cccc(Cl)c1C. The van der Waals surface area contributed by atoms with Crippen LogP contribution in [0.4, 0.5) is 0 Å². The molecule has 0 heterocycles. The Morgan fingerprint density at radius 2 is 1.84 bits per heavy atom. The van der Waals surface area contributed by atoms with Gasteiger partial charge < -0.3 is 9.84 Å². The predicted molar refractivity (Wildman–Crippen MR) is 78.3 cm³/mol. The maximum atomic E-state index is 10.5. The Labute approximate surface area is 122 Å². The van der Waals surface area contributed by atoms with Gasteiger partial charge in [-0.15, -0.1) is 0 Å². The van der Waals surface area contributed by atoms with Gasteiger partial charge in [-0.1, -0.05) is 35.3 Å². The fraction of sp³-hybridized carbons (Fsp3) is 0.200. The number of benzene rings is 2. The summed E-state index contributed by atoms with van der Waals surface area (Å²) in [5.41, 5.74) is 2.21. The molecule has 0 saturated heterocycles. The zero-order valence-electron chi connectivity index (χ0n) is 10.7. The third kappa shape index (κ3) is 2.86. The maximum Gasteiger partial charge on any atom is 0.125 e. The largest absolute Gasteiger partial charge is 0.496 e. The van der Waals surface area contributed by atoms with Crippen LogP contribution in [0, 0.1) is 6.92 Å². The Balaban J connectivity index is 2.52. The van der Waals surface area contributed by atoms with Crippen molar-refractivity contribution >= 4 is 23.2 Å².